The maximum Gasteiger partial charge on any atom is 0.336 e. The van der Waals surface area contributed by atoms with Crippen molar-refractivity contribution in [2.75, 3.05) is 5.32 Å². The van der Waals surface area contributed by atoms with Crippen molar-refractivity contribution in [1.29, 1.82) is 0 Å². The Balaban J connectivity index is 1.83. The van der Waals surface area contributed by atoms with Gasteiger partial charge in [0.05, 0.1) is 5.57 Å². The van der Waals surface area contributed by atoms with Crippen LogP contribution < -0.4 is 5.32 Å². The molecule has 3 rings (SSSR count). The van der Waals surface area contributed by atoms with E-state index < -0.39 is 5.97 Å². The number of para-hydroxylation sites is 1. The molecule has 0 atom stereocenters. The summed E-state index contributed by atoms with van der Waals surface area (Å²) in [5, 5.41) is 12.8. The van der Waals surface area contributed by atoms with E-state index in [1.54, 1.807) is 18.2 Å². The van der Waals surface area contributed by atoms with Crippen molar-refractivity contribution >= 4 is 29.0 Å². The average Bonchev–Trinajstić information content (AvgIpc) is 2.62. The standard InChI is InChI=1S/C21H17NO2/c23-21(24)20(17-7-3-1-4-8-17)15-16-11-13-19(14-12-16)22-18-9-5-2-6-10-18/h1-15,22H,(H,23,24). The smallest absolute Gasteiger partial charge is 0.336 e. The van der Waals surface area contributed by atoms with Gasteiger partial charge in [-0.05, 0) is 41.5 Å². The molecule has 0 aliphatic carbocycles. The van der Waals surface area contributed by atoms with Crippen LogP contribution >= 0.6 is 0 Å². The van der Waals surface area contributed by atoms with Gasteiger partial charge in [-0.3, -0.25) is 0 Å². The zero-order chi connectivity index (χ0) is 16.8. The van der Waals surface area contributed by atoms with Gasteiger partial charge in [0.25, 0.3) is 0 Å². The minimum Gasteiger partial charge on any atom is -0.478 e. The van der Waals surface area contributed by atoms with E-state index in [0.29, 0.717) is 5.56 Å². The van der Waals surface area contributed by atoms with Crippen molar-refractivity contribution < 1.29 is 9.90 Å². The summed E-state index contributed by atoms with van der Waals surface area (Å²) >= 11 is 0. The van der Waals surface area contributed by atoms with Crippen LogP contribution in [0.2, 0.25) is 0 Å². The summed E-state index contributed by atoms with van der Waals surface area (Å²) in [7, 11) is 0. The van der Waals surface area contributed by atoms with Crippen molar-refractivity contribution in [2.45, 2.75) is 0 Å². The van der Waals surface area contributed by atoms with Crippen LogP contribution in [0.4, 0.5) is 11.4 Å². The number of nitrogens with one attached hydrogen (secondary N) is 1. The first kappa shape index (κ1) is 15.6. The van der Waals surface area contributed by atoms with Crippen molar-refractivity contribution in [3.63, 3.8) is 0 Å². The number of aliphatic carboxylic acids is 1. The molecule has 118 valence electrons. The van der Waals surface area contributed by atoms with Crippen LogP contribution in [0.1, 0.15) is 11.1 Å². The van der Waals surface area contributed by atoms with E-state index in [0.717, 1.165) is 16.9 Å². The summed E-state index contributed by atoms with van der Waals surface area (Å²) < 4.78 is 0. The Morgan fingerprint density at radius 3 is 1.88 bits per heavy atom. The van der Waals surface area contributed by atoms with Crippen LogP contribution in [-0.4, -0.2) is 11.1 Å². The second-order valence-corrected chi connectivity index (χ2v) is 5.34. The highest BCUT2D eigenvalue weighted by atomic mass is 16.4. The van der Waals surface area contributed by atoms with E-state index in [4.69, 9.17) is 0 Å². The SMILES string of the molecule is O=C(O)C(=Cc1ccc(Nc2ccccc2)cc1)c1ccccc1. The second-order valence-electron chi connectivity index (χ2n) is 5.34. The molecule has 0 radical (unpaired) electrons. The van der Waals surface area contributed by atoms with Gasteiger partial charge in [0, 0.05) is 11.4 Å². The second kappa shape index (κ2) is 7.29. The Hall–Kier alpha value is -3.33. The monoisotopic (exact) mass is 315 g/mol. The van der Waals surface area contributed by atoms with Crippen LogP contribution in [0.5, 0.6) is 0 Å². The largest absolute Gasteiger partial charge is 0.478 e. The minimum atomic E-state index is -0.937. The zero-order valence-corrected chi connectivity index (χ0v) is 13.0. The van der Waals surface area contributed by atoms with E-state index in [-0.39, 0.29) is 5.57 Å². The maximum atomic E-state index is 11.5. The van der Waals surface area contributed by atoms with Gasteiger partial charge in [-0.2, -0.15) is 0 Å². The molecule has 0 amide bonds. The molecule has 0 unspecified atom stereocenters. The summed E-state index contributed by atoms with van der Waals surface area (Å²) in [5.41, 5.74) is 3.77. The highest BCUT2D eigenvalue weighted by Crippen LogP contribution is 2.21. The predicted molar refractivity (Wildman–Crippen MR) is 98.1 cm³/mol. The van der Waals surface area contributed by atoms with E-state index in [2.05, 4.69) is 5.32 Å². The molecule has 3 aromatic rings. The molecular weight excluding hydrogens is 298 g/mol. The molecule has 0 heterocycles. The minimum absolute atomic E-state index is 0.277. The van der Waals surface area contributed by atoms with Crippen LogP contribution in [0.25, 0.3) is 11.6 Å². The van der Waals surface area contributed by atoms with Crippen LogP contribution in [0.15, 0.2) is 84.9 Å². The number of carboxylic acid groups (broad SMARTS) is 1. The summed E-state index contributed by atoms with van der Waals surface area (Å²) in [6, 6.07) is 26.7. The van der Waals surface area contributed by atoms with Crippen molar-refractivity contribution in [2.24, 2.45) is 0 Å². The molecule has 2 N–H and O–H groups in total. The van der Waals surface area contributed by atoms with Gasteiger partial charge in [0.2, 0.25) is 0 Å². The van der Waals surface area contributed by atoms with Crippen LogP contribution in [-0.2, 0) is 4.79 Å². The van der Waals surface area contributed by atoms with Crippen LogP contribution in [0, 0.1) is 0 Å². The van der Waals surface area contributed by atoms with Gasteiger partial charge < -0.3 is 10.4 Å². The number of carboxylic acids is 1. The van der Waals surface area contributed by atoms with E-state index in [1.165, 1.54) is 0 Å². The Labute approximate surface area is 140 Å². The van der Waals surface area contributed by atoms with Gasteiger partial charge in [0.15, 0.2) is 0 Å². The van der Waals surface area contributed by atoms with Crippen LogP contribution in [0.3, 0.4) is 0 Å². The van der Waals surface area contributed by atoms with E-state index >= 15 is 0 Å². The van der Waals surface area contributed by atoms with Crippen molar-refractivity contribution in [3.05, 3.63) is 96.1 Å². The van der Waals surface area contributed by atoms with Gasteiger partial charge in [-0.1, -0.05) is 60.7 Å². The molecule has 3 nitrogen and oxygen atoms in total. The fourth-order valence-corrected chi connectivity index (χ4v) is 2.40. The zero-order valence-electron chi connectivity index (χ0n) is 13.0. The van der Waals surface area contributed by atoms with E-state index in [9.17, 15) is 9.90 Å². The predicted octanol–water partition coefficient (Wildman–Crippen LogP) is 5.06. The lowest BCUT2D eigenvalue weighted by atomic mass is 10.0. The lowest BCUT2D eigenvalue weighted by Crippen LogP contribution is -1.99. The van der Waals surface area contributed by atoms with E-state index in [1.807, 2.05) is 72.8 Å². The first-order valence-electron chi connectivity index (χ1n) is 7.65. The van der Waals surface area contributed by atoms with Gasteiger partial charge in [-0.15, -0.1) is 0 Å². The molecular formula is C21H17NO2. The number of hydrogen-bond donors (Lipinski definition) is 2. The summed E-state index contributed by atoms with van der Waals surface area (Å²) in [4.78, 5) is 11.5. The number of rotatable bonds is 5. The number of carbonyl (C=O) groups is 1. The number of anilines is 2. The third-order valence-electron chi connectivity index (χ3n) is 3.60. The molecule has 24 heavy (non-hydrogen) atoms. The normalized spacial score (nSPS) is 11.1. The fraction of sp³-hybridized carbons (Fsp3) is 0. The number of benzene rings is 3. The molecule has 0 spiro atoms. The Bertz CT molecular complexity index is 838. The molecule has 0 fully saturated rings. The summed E-state index contributed by atoms with van der Waals surface area (Å²) in [6.45, 7) is 0. The maximum absolute atomic E-state index is 11.5. The molecule has 3 heteroatoms. The van der Waals surface area contributed by atoms with Gasteiger partial charge >= 0.3 is 5.97 Å². The van der Waals surface area contributed by atoms with Gasteiger partial charge in [0.1, 0.15) is 0 Å². The highest BCUT2D eigenvalue weighted by Gasteiger charge is 2.09. The topological polar surface area (TPSA) is 49.3 Å². The third-order valence-corrected chi connectivity index (χ3v) is 3.60. The first-order chi connectivity index (χ1) is 11.7. The number of hydrogen-bond acceptors (Lipinski definition) is 2. The summed E-state index contributed by atoms with van der Waals surface area (Å²) in [5.74, 6) is -0.937. The molecule has 3 aromatic carbocycles. The highest BCUT2D eigenvalue weighted by molar-refractivity contribution is 6.20. The molecule has 0 aliphatic rings. The summed E-state index contributed by atoms with van der Waals surface area (Å²) in [6.07, 6.45) is 1.68. The molecule has 0 saturated heterocycles. The Morgan fingerprint density at radius 1 is 0.750 bits per heavy atom. The quantitative estimate of drug-likeness (QED) is 0.511. The Morgan fingerprint density at radius 2 is 1.29 bits per heavy atom. The van der Waals surface area contributed by atoms with Crippen molar-refractivity contribution in [1.82, 2.24) is 0 Å². The van der Waals surface area contributed by atoms with Gasteiger partial charge in [-0.25, -0.2) is 4.79 Å². The lowest BCUT2D eigenvalue weighted by Gasteiger charge is -2.07. The van der Waals surface area contributed by atoms with Crippen molar-refractivity contribution in [3.8, 4) is 0 Å². The Kier molecular flexibility index (Phi) is 4.73. The lowest BCUT2D eigenvalue weighted by molar-refractivity contribution is -0.130. The third kappa shape index (κ3) is 3.90. The molecule has 0 saturated carbocycles. The molecule has 0 aliphatic heterocycles. The molecule has 0 bridgehead atoms. The average molecular weight is 315 g/mol. The fourth-order valence-electron chi connectivity index (χ4n) is 2.40. The molecule has 0 aromatic heterocycles. The first-order valence-corrected chi connectivity index (χ1v) is 7.65.